The molecule has 3 heteroatoms. The van der Waals surface area contributed by atoms with Crippen LogP contribution in [0.1, 0.15) is 29.2 Å². The number of nitrogen functional groups attached to an aromatic ring is 1. The number of anilines is 2. The Kier molecular flexibility index (Phi) is 5.67. The van der Waals surface area contributed by atoms with E-state index in [1.54, 1.807) is 0 Å². The summed E-state index contributed by atoms with van der Waals surface area (Å²) in [5, 5.41) is 3.12. The molecule has 0 aliphatic heterocycles. The van der Waals surface area contributed by atoms with Gasteiger partial charge in [-0.2, -0.15) is 0 Å². The Bertz CT molecular complexity index is 883. The first-order valence-corrected chi connectivity index (χ1v) is 8.23. The number of nitrogens with two attached hydrogens (primary N) is 1. The summed E-state index contributed by atoms with van der Waals surface area (Å²) in [6.45, 7) is 10.3. The molecule has 0 aliphatic rings. The van der Waals surface area contributed by atoms with Crippen molar-refractivity contribution in [2.75, 3.05) is 18.1 Å². The van der Waals surface area contributed by atoms with Crippen molar-refractivity contribution >= 4 is 17.1 Å². The lowest BCUT2D eigenvalue weighted by Gasteiger charge is -2.17. The van der Waals surface area contributed by atoms with E-state index in [9.17, 15) is 0 Å². The minimum Gasteiger partial charge on any atom is -0.399 e. The molecule has 0 amide bonds. The Labute approximate surface area is 150 Å². The van der Waals surface area contributed by atoms with E-state index in [1.807, 2.05) is 37.5 Å². The number of hydrogen-bond acceptors (Lipinski definition) is 3. The number of benzene rings is 1. The van der Waals surface area contributed by atoms with Crippen LogP contribution in [0.5, 0.6) is 0 Å². The van der Waals surface area contributed by atoms with Gasteiger partial charge in [0.15, 0.2) is 0 Å². The third-order valence-electron chi connectivity index (χ3n) is 4.57. The van der Waals surface area contributed by atoms with Crippen molar-refractivity contribution in [2.45, 2.75) is 27.2 Å². The molecular formula is C22H25N3. The lowest BCUT2D eigenvalue weighted by atomic mass is 9.89. The lowest BCUT2D eigenvalue weighted by molar-refractivity contribution is 1.11. The molecule has 0 saturated carbocycles. The third kappa shape index (κ3) is 3.92. The minimum atomic E-state index is 0.705. The van der Waals surface area contributed by atoms with E-state index in [1.165, 1.54) is 5.56 Å². The molecule has 0 fully saturated rings. The minimum absolute atomic E-state index is 0.705. The van der Waals surface area contributed by atoms with E-state index in [2.05, 4.69) is 43.6 Å². The molecule has 1 heterocycles. The molecule has 0 spiro atoms. The molecular weight excluding hydrogens is 306 g/mol. The van der Waals surface area contributed by atoms with Crippen LogP contribution in [0.4, 0.5) is 11.5 Å². The van der Waals surface area contributed by atoms with E-state index < -0.39 is 0 Å². The number of aromatic nitrogens is 1. The van der Waals surface area contributed by atoms with Gasteiger partial charge in [0.1, 0.15) is 5.82 Å². The van der Waals surface area contributed by atoms with Gasteiger partial charge in [0, 0.05) is 24.5 Å². The Morgan fingerprint density at radius 2 is 2.04 bits per heavy atom. The quantitative estimate of drug-likeness (QED) is 0.481. The van der Waals surface area contributed by atoms with Crippen molar-refractivity contribution in [3.63, 3.8) is 0 Å². The van der Waals surface area contributed by atoms with E-state index in [0.717, 1.165) is 39.3 Å². The van der Waals surface area contributed by atoms with Crippen LogP contribution < -0.4 is 11.1 Å². The van der Waals surface area contributed by atoms with Crippen LogP contribution in [0, 0.1) is 26.2 Å². The van der Waals surface area contributed by atoms with Gasteiger partial charge in [-0.05, 0) is 78.8 Å². The molecule has 0 bridgehead atoms. The normalized spacial score (nSPS) is 11.5. The molecule has 25 heavy (non-hydrogen) atoms. The average molecular weight is 331 g/mol. The summed E-state index contributed by atoms with van der Waals surface area (Å²) in [6.07, 6.45) is 8.19. The number of hydrogen-bond donors (Lipinski definition) is 2. The summed E-state index contributed by atoms with van der Waals surface area (Å²) in [4.78, 5) is 4.35. The highest BCUT2D eigenvalue weighted by Crippen LogP contribution is 2.30. The van der Waals surface area contributed by atoms with Crippen molar-refractivity contribution in [3.05, 3.63) is 70.4 Å². The predicted molar refractivity (Wildman–Crippen MR) is 108 cm³/mol. The second kappa shape index (κ2) is 7.72. The number of nitrogens with one attached hydrogen (secondary N) is 1. The van der Waals surface area contributed by atoms with Gasteiger partial charge < -0.3 is 11.1 Å². The maximum Gasteiger partial charge on any atom is 0.128 e. The van der Waals surface area contributed by atoms with E-state index in [-0.39, 0.29) is 0 Å². The lowest BCUT2D eigenvalue weighted by Crippen LogP contribution is -2.03. The fourth-order valence-electron chi connectivity index (χ4n) is 3.03. The molecule has 1 aromatic carbocycles. The summed E-state index contributed by atoms with van der Waals surface area (Å²) in [7, 11) is 1.87. The maximum atomic E-state index is 5.89. The molecule has 2 rings (SSSR count). The van der Waals surface area contributed by atoms with Gasteiger partial charge in [0.2, 0.25) is 0 Å². The Morgan fingerprint density at radius 3 is 2.64 bits per heavy atom. The summed E-state index contributed by atoms with van der Waals surface area (Å²) in [5.41, 5.74) is 14.1. The number of aryl methyl sites for hydroxylation is 1. The molecule has 128 valence electrons. The monoisotopic (exact) mass is 331 g/mol. The predicted octanol–water partition coefficient (Wildman–Crippen LogP) is 4.53. The van der Waals surface area contributed by atoms with Crippen LogP contribution in [-0.2, 0) is 6.42 Å². The number of nitrogens with zero attached hydrogens (tertiary/aromatic N) is 1. The molecule has 0 radical (unpaired) electrons. The fourth-order valence-corrected chi connectivity index (χ4v) is 3.03. The Hall–Kier alpha value is -2.99. The van der Waals surface area contributed by atoms with E-state index in [4.69, 9.17) is 12.2 Å². The molecule has 0 aliphatic carbocycles. The van der Waals surface area contributed by atoms with Crippen molar-refractivity contribution in [1.29, 1.82) is 0 Å². The van der Waals surface area contributed by atoms with Gasteiger partial charge in [0.05, 0.1) is 0 Å². The topological polar surface area (TPSA) is 50.9 Å². The number of terminal acetylenes is 1. The largest absolute Gasteiger partial charge is 0.399 e. The molecule has 3 N–H and O–H groups in total. The zero-order valence-electron chi connectivity index (χ0n) is 15.4. The first-order chi connectivity index (χ1) is 11.9. The van der Waals surface area contributed by atoms with Crippen molar-refractivity contribution in [2.24, 2.45) is 0 Å². The Balaban J connectivity index is 2.57. The van der Waals surface area contributed by atoms with Crippen LogP contribution in [-0.4, -0.2) is 12.0 Å². The number of allylic oxidation sites excluding steroid dienone is 3. The number of rotatable bonds is 5. The SMILES string of the molecule is C#CC(=C)/C(Cc1ccnc(NC)c1C)=C(/C)c1ccc(N)cc1C. The average Bonchev–Trinajstić information content (AvgIpc) is 2.59. The Morgan fingerprint density at radius 1 is 1.32 bits per heavy atom. The molecule has 0 saturated heterocycles. The third-order valence-corrected chi connectivity index (χ3v) is 4.57. The summed E-state index contributed by atoms with van der Waals surface area (Å²) >= 11 is 0. The number of pyridine rings is 1. The summed E-state index contributed by atoms with van der Waals surface area (Å²) in [5.74, 6) is 3.59. The highest BCUT2D eigenvalue weighted by Gasteiger charge is 2.13. The molecule has 0 unspecified atom stereocenters. The molecule has 1 aromatic heterocycles. The van der Waals surface area contributed by atoms with E-state index in [0.29, 0.717) is 12.0 Å². The van der Waals surface area contributed by atoms with Gasteiger partial charge in [0.25, 0.3) is 0 Å². The standard InChI is InChI=1S/C22H25N3/c1-7-14(2)21(13-18-10-11-25-22(24-6)16(18)4)17(5)20-9-8-19(23)12-15(20)3/h1,8-12H,2,13,23H2,3-6H3,(H,24,25)/b21-17-. The molecule has 2 aromatic rings. The second-order valence-electron chi connectivity index (χ2n) is 6.17. The summed E-state index contributed by atoms with van der Waals surface area (Å²) in [6, 6.07) is 7.97. The molecule has 3 nitrogen and oxygen atoms in total. The van der Waals surface area contributed by atoms with Gasteiger partial charge in [-0.15, -0.1) is 6.42 Å². The van der Waals surface area contributed by atoms with Crippen molar-refractivity contribution in [3.8, 4) is 12.3 Å². The maximum absolute atomic E-state index is 5.89. The fraction of sp³-hybridized carbons (Fsp3) is 0.227. The smallest absolute Gasteiger partial charge is 0.128 e. The molecule has 0 atom stereocenters. The van der Waals surface area contributed by atoms with Gasteiger partial charge in [-0.1, -0.05) is 18.6 Å². The highest BCUT2D eigenvalue weighted by atomic mass is 15.0. The first kappa shape index (κ1) is 18.4. The van der Waals surface area contributed by atoms with Crippen LogP contribution in [0.25, 0.3) is 5.57 Å². The van der Waals surface area contributed by atoms with Gasteiger partial charge in [-0.25, -0.2) is 4.98 Å². The zero-order valence-corrected chi connectivity index (χ0v) is 15.4. The first-order valence-electron chi connectivity index (χ1n) is 8.23. The van der Waals surface area contributed by atoms with Crippen molar-refractivity contribution in [1.82, 2.24) is 4.98 Å². The van der Waals surface area contributed by atoms with Crippen LogP contribution >= 0.6 is 0 Å². The van der Waals surface area contributed by atoms with Crippen LogP contribution in [0.3, 0.4) is 0 Å². The summed E-state index contributed by atoms with van der Waals surface area (Å²) < 4.78 is 0. The highest BCUT2D eigenvalue weighted by molar-refractivity contribution is 5.76. The van der Waals surface area contributed by atoms with Crippen molar-refractivity contribution < 1.29 is 0 Å². The van der Waals surface area contributed by atoms with Crippen LogP contribution in [0.2, 0.25) is 0 Å². The van der Waals surface area contributed by atoms with E-state index >= 15 is 0 Å². The zero-order chi connectivity index (χ0) is 18.6. The van der Waals surface area contributed by atoms with Crippen LogP contribution in [0.15, 0.2) is 48.2 Å². The second-order valence-corrected chi connectivity index (χ2v) is 6.17. The van der Waals surface area contributed by atoms with Gasteiger partial charge >= 0.3 is 0 Å². The van der Waals surface area contributed by atoms with Gasteiger partial charge in [-0.3, -0.25) is 0 Å².